The normalized spacial score (nSPS) is 11.9. The number of benzene rings is 2. The van der Waals surface area contributed by atoms with Gasteiger partial charge in [0.1, 0.15) is 0 Å². The number of carboxylic acids is 1. The molecule has 34 heavy (non-hydrogen) atoms. The van der Waals surface area contributed by atoms with E-state index in [-0.39, 0.29) is 22.8 Å². The van der Waals surface area contributed by atoms with Crippen LogP contribution in [0, 0.1) is 0 Å². The number of sulfonamides is 1. The number of nitrogens with zero attached hydrogens (tertiary/aromatic N) is 2. The van der Waals surface area contributed by atoms with Crippen LogP contribution in [0.1, 0.15) is 24.1 Å². The maximum Gasteiger partial charge on any atom is 0.435 e. The second kappa shape index (κ2) is 9.65. The number of nitrogens with one attached hydrogen (secondary N) is 1. The van der Waals surface area contributed by atoms with Crippen LogP contribution in [-0.2, 0) is 32.3 Å². The Hall–Kier alpha value is -3.71. The molecule has 3 rings (SSSR count). The number of aromatic nitrogens is 2. The minimum Gasteiger partial charge on any atom is -0.481 e. The van der Waals surface area contributed by atoms with Crippen molar-refractivity contribution in [2.75, 3.05) is 0 Å². The van der Waals surface area contributed by atoms with Gasteiger partial charge in [-0.3, -0.25) is 9.59 Å². The molecule has 0 saturated carbocycles. The van der Waals surface area contributed by atoms with Crippen LogP contribution < -0.4 is 10.5 Å². The van der Waals surface area contributed by atoms with Crippen molar-refractivity contribution >= 4 is 21.9 Å². The van der Waals surface area contributed by atoms with E-state index >= 15 is 0 Å². The van der Waals surface area contributed by atoms with E-state index in [4.69, 9.17) is 10.8 Å². The number of carboxylic acid groups (broad SMARTS) is 1. The van der Waals surface area contributed by atoms with Crippen molar-refractivity contribution in [2.45, 2.75) is 30.5 Å². The number of hydrogen-bond donors (Lipinski definition) is 3. The topological polar surface area (TPSA) is 144 Å². The molecule has 0 saturated heterocycles. The molecule has 0 aliphatic heterocycles. The summed E-state index contributed by atoms with van der Waals surface area (Å²) < 4.78 is 67.5. The van der Waals surface area contributed by atoms with Gasteiger partial charge >= 0.3 is 12.1 Å². The van der Waals surface area contributed by atoms with Crippen molar-refractivity contribution in [1.29, 1.82) is 0 Å². The fraction of sp³-hybridized carbons (Fsp3) is 0.190. The molecule has 9 nitrogen and oxygen atoms in total. The van der Waals surface area contributed by atoms with Crippen LogP contribution >= 0.6 is 0 Å². The SMILES string of the molecule is NCc1ccc(-c2cc(C(F)(F)F)nn2-c2ccc(S(=O)(=O)NC(=O)CCC(=O)O)cc2)cc1. The molecule has 0 atom stereocenters. The highest BCUT2D eigenvalue weighted by Crippen LogP contribution is 2.33. The van der Waals surface area contributed by atoms with E-state index < -0.39 is 46.6 Å². The molecule has 0 unspecified atom stereocenters. The van der Waals surface area contributed by atoms with E-state index in [1.807, 2.05) is 0 Å². The Morgan fingerprint density at radius 3 is 2.18 bits per heavy atom. The van der Waals surface area contributed by atoms with Gasteiger partial charge in [0.05, 0.1) is 22.7 Å². The van der Waals surface area contributed by atoms with Gasteiger partial charge in [0.15, 0.2) is 5.69 Å². The number of carbonyl (C=O) groups excluding carboxylic acids is 1. The molecular weight excluding hydrogens is 477 g/mol. The van der Waals surface area contributed by atoms with Gasteiger partial charge in [-0.1, -0.05) is 24.3 Å². The number of rotatable bonds is 8. The number of carbonyl (C=O) groups is 2. The van der Waals surface area contributed by atoms with Crippen molar-refractivity contribution < 1.29 is 36.3 Å². The Morgan fingerprint density at radius 2 is 1.65 bits per heavy atom. The fourth-order valence-electron chi connectivity index (χ4n) is 2.98. The third kappa shape index (κ3) is 5.80. The minimum absolute atomic E-state index is 0.119. The van der Waals surface area contributed by atoms with Gasteiger partial charge in [-0.05, 0) is 35.9 Å². The quantitative estimate of drug-likeness (QED) is 0.435. The first kappa shape index (κ1) is 24.9. The van der Waals surface area contributed by atoms with Crippen LogP contribution in [0.15, 0.2) is 59.5 Å². The first-order chi connectivity index (χ1) is 15.9. The summed E-state index contributed by atoms with van der Waals surface area (Å²) in [5.74, 6) is -2.26. The van der Waals surface area contributed by atoms with Gasteiger partial charge in [0.25, 0.3) is 10.0 Å². The minimum atomic E-state index is -4.71. The molecule has 3 aromatic rings. The predicted octanol–water partition coefficient (Wildman–Crippen LogP) is 2.69. The standard InChI is InChI=1S/C21H19F3N4O5S/c22-21(23,24)18-11-17(14-3-1-13(12-25)2-4-14)28(26-18)15-5-7-16(8-6-15)34(32,33)27-19(29)9-10-20(30)31/h1-8,11H,9-10,12,25H2,(H,27,29)(H,30,31). The van der Waals surface area contributed by atoms with E-state index in [2.05, 4.69) is 5.10 Å². The Kier molecular flexibility index (Phi) is 7.07. The summed E-state index contributed by atoms with van der Waals surface area (Å²) in [6.07, 6.45) is -5.79. The predicted molar refractivity (Wildman–Crippen MR) is 114 cm³/mol. The lowest BCUT2D eigenvalue weighted by Crippen LogP contribution is -2.30. The Balaban J connectivity index is 1.94. The molecule has 2 aromatic carbocycles. The van der Waals surface area contributed by atoms with Gasteiger partial charge in [0.2, 0.25) is 5.91 Å². The monoisotopic (exact) mass is 496 g/mol. The molecule has 0 fully saturated rings. The first-order valence-corrected chi connectivity index (χ1v) is 11.2. The van der Waals surface area contributed by atoms with Crippen molar-refractivity contribution in [3.8, 4) is 16.9 Å². The second-order valence-electron chi connectivity index (χ2n) is 7.14. The molecule has 180 valence electrons. The van der Waals surface area contributed by atoms with Crippen molar-refractivity contribution in [3.05, 3.63) is 65.9 Å². The Labute approximate surface area is 192 Å². The summed E-state index contributed by atoms with van der Waals surface area (Å²) >= 11 is 0. The molecule has 0 radical (unpaired) electrons. The maximum absolute atomic E-state index is 13.3. The van der Waals surface area contributed by atoms with E-state index in [0.717, 1.165) is 28.4 Å². The summed E-state index contributed by atoms with van der Waals surface area (Å²) in [7, 11) is -4.31. The molecular formula is C21H19F3N4O5S. The highest BCUT2D eigenvalue weighted by Gasteiger charge is 2.35. The lowest BCUT2D eigenvalue weighted by atomic mass is 10.1. The Bertz CT molecular complexity index is 1300. The molecule has 0 aliphatic rings. The number of amides is 1. The van der Waals surface area contributed by atoms with Crippen LogP contribution in [0.3, 0.4) is 0 Å². The first-order valence-electron chi connectivity index (χ1n) is 9.75. The van der Waals surface area contributed by atoms with E-state index in [1.54, 1.807) is 29.0 Å². The number of hydrogen-bond acceptors (Lipinski definition) is 6. The zero-order valence-electron chi connectivity index (χ0n) is 17.4. The molecule has 4 N–H and O–H groups in total. The molecule has 0 bridgehead atoms. The molecule has 13 heteroatoms. The van der Waals surface area contributed by atoms with Gasteiger partial charge in [-0.25, -0.2) is 17.8 Å². The van der Waals surface area contributed by atoms with Gasteiger partial charge in [-0.15, -0.1) is 0 Å². The lowest BCUT2D eigenvalue weighted by molar-refractivity contribution is -0.141. The van der Waals surface area contributed by atoms with Crippen LogP contribution in [0.2, 0.25) is 0 Å². The van der Waals surface area contributed by atoms with E-state index in [0.29, 0.717) is 5.56 Å². The summed E-state index contributed by atoms with van der Waals surface area (Å²) in [4.78, 5) is 21.9. The van der Waals surface area contributed by atoms with Crippen molar-refractivity contribution in [2.24, 2.45) is 5.73 Å². The van der Waals surface area contributed by atoms with E-state index in [9.17, 15) is 31.2 Å². The molecule has 1 aromatic heterocycles. The average Bonchev–Trinajstić information content (AvgIpc) is 3.24. The third-order valence-corrected chi connectivity index (χ3v) is 6.08. The third-order valence-electron chi connectivity index (χ3n) is 4.69. The lowest BCUT2D eigenvalue weighted by Gasteiger charge is -2.10. The largest absolute Gasteiger partial charge is 0.481 e. The highest BCUT2D eigenvalue weighted by atomic mass is 32.2. The van der Waals surface area contributed by atoms with Crippen molar-refractivity contribution in [1.82, 2.24) is 14.5 Å². The molecule has 1 amide bonds. The molecule has 1 heterocycles. The van der Waals surface area contributed by atoms with E-state index in [1.165, 1.54) is 12.1 Å². The number of nitrogens with two attached hydrogens (primary N) is 1. The zero-order valence-corrected chi connectivity index (χ0v) is 18.2. The zero-order chi connectivity index (χ0) is 25.1. The van der Waals surface area contributed by atoms with Crippen LogP contribution in [0.4, 0.5) is 13.2 Å². The molecule has 0 aliphatic carbocycles. The summed E-state index contributed by atoms with van der Waals surface area (Å²) in [5, 5.41) is 12.2. The van der Waals surface area contributed by atoms with Gasteiger partial charge < -0.3 is 10.8 Å². The Morgan fingerprint density at radius 1 is 1.03 bits per heavy atom. The smallest absolute Gasteiger partial charge is 0.435 e. The number of aliphatic carboxylic acids is 1. The van der Waals surface area contributed by atoms with Gasteiger partial charge in [-0.2, -0.15) is 18.3 Å². The summed E-state index contributed by atoms with van der Waals surface area (Å²) in [6, 6.07) is 12.1. The van der Waals surface area contributed by atoms with Crippen LogP contribution in [-0.4, -0.2) is 35.2 Å². The second-order valence-corrected chi connectivity index (χ2v) is 8.82. The summed E-state index contributed by atoms with van der Waals surface area (Å²) in [6.45, 7) is 0.260. The number of halogens is 3. The van der Waals surface area contributed by atoms with Crippen LogP contribution in [0.5, 0.6) is 0 Å². The number of alkyl halides is 3. The van der Waals surface area contributed by atoms with Crippen LogP contribution in [0.25, 0.3) is 16.9 Å². The van der Waals surface area contributed by atoms with Crippen molar-refractivity contribution in [3.63, 3.8) is 0 Å². The average molecular weight is 496 g/mol. The summed E-state index contributed by atoms with van der Waals surface area (Å²) in [5.41, 5.74) is 5.91. The molecule has 0 spiro atoms. The van der Waals surface area contributed by atoms with Gasteiger partial charge in [0, 0.05) is 18.5 Å². The maximum atomic E-state index is 13.3. The fourth-order valence-corrected chi connectivity index (χ4v) is 3.99. The highest BCUT2D eigenvalue weighted by molar-refractivity contribution is 7.90.